The van der Waals surface area contributed by atoms with Crippen molar-refractivity contribution < 1.29 is 14.6 Å². The van der Waals surface area contributed by atoms with Crippen LogP contribution in [0.1, 0.15) is 29.5 Å². The van der Waals surface area contributed by atoms with Crippen LogP contribution < -0.4 is 4.74 Å². The molecule has 14 heavy (non-hydrogen) atoms. The van der Waals surface area contributed by atoms with Crippen molar-refractivity contribution in [3.05, 3.63) is 11.4 Å². The number of carbonyl (C=O) groups is 1. The van der Waals surface area contributed by atoms with Crippen molar-refractivity contribution in [1.82, 2.24) is 9.78 Å². The smallest absolute Gasteiger partial charge is 0.358 e. The summed E-state index contributed by atoms with van der Waals surface area (Å²) in [6.07, 6.45) is 0.841. The molecule has 1 N–H and O–H groups in total. The molecule has 0 fully saturated rings. The Bertz CT molecular complexity index is 344. The van der Waals surface area contributed by atoms with E-state index in [0.29, 0.717) is 18.1 Å². The van der Waals surface area contributed by atoms with Gasteiger partial charge < -0.3 is 9.84 Å². The van der Waals surface area contributed by atoms with Crippen LogP contribution in [-0.4, -0.2) is 27.5 Å². The van der Waals surface area contributed by atoms with Crippen LogP contribution in [0.4, 0.5) is 0 Å². The molecule has 1 aromatic heterocycles. The van der Waals surface area contributed by atoms with Crippen LogP contribution in [-0.2, 0) is 7.05 Å². The highest BCUT2D eigenvalue weighted by Gasteiger charge is 2.20. The summed E-state index contributed by atoms with van der Waals surface area (Å²) >= 11 is 0. The van der Waals surface area contributed by atoms with E-state index in [0.717, 1.165) is 6.42 Å². The molecular formula is C9H14N2O3. The number of aryl methyl sites for hydroxylation is 2. The highest BCUT2D eigenvalue weighted by atomic mass is 16.5. The van der Waals surface area contributed by atoms with Gasteiger partial charge in [0.25, 0.3) is 0 Å². The third kappa shape index (κ3) is 1.86. The van der Waals surface area contributed by atoms with Crippen molar-refractivity contribution in [2.75, 3.05) is 6.61 Å². The van der Waals surface area contributed by atoms with Gasteiger partial charge in [0.15, 0.2) is 11.4 Å². The van der Waals surface area contributed by atoms with Crippen LogP contribution in [0.5, 0.6) is 5.75 Å². The monoisotopic (exact) mass is 198 g/mol. The maximum Gasteiger partial charge on any atom is 0.358 e. The molecule has 0 saturated carbocycles. The number of hydrogen-bond donors (Lipinski definition) is 1. The molecule has 0 saturated heterocycles. The molecule has 0 amide bonds. The van der Waals surface area contributed by atoms with Crippen molar-refractivity contribution in [2.24, 2.45) is 7.05 Å². The molecule has 0 unspecified atom stereocenters. The molecule has 1 rings (SSSR count). The first kappa shape index (κ1) is 10.6. The lowest BCUT2D eigenvalue weighted by molar-refractivity contribution is 0.0680. The molecule has 0 atom stereocenters. The summed E-state index contributed by atoms with van der Waals surface area (Å²) in [7, 11) is 1.59. The van der Waals surface area contributed by atoms with Crippen LogP contribution >= 0.6 is 0 Å². The maximum atomic E-state index is 10.9. The second kappa shape index (κ2) is 4.13. The van der Waals surface area contributed by atoms with E-state index in [4.69, 9.17) is 9.84 Å². The third-order valence-electron chi connectivity index (χ3n) is 1.82. The fraction of sp³-hybridized carbons (Fsp3) is 0.556. The number of ether oxygens (including phenoxy) is 1. The quantitative estimate of drug-likeness (QED) is 0.789. The molecule has 0 aromatic carbocycles. The zero-order valence-electron chi connectivity index (χ0n) is 8.57. The van der Waals surface area contributed by atoms with Crippen LogP contribution in [0.25, 0.3) is 0 Å². The number of carboxylic acid groups (broad SMARTS) is 1. The van der Waals surface area contributed by atoms with Gasteiger partial charge in [-0.2, -0.15) is 5.10 Å². The molecule has 1 aromatic rings. The number of rotatable bonds is 4. The van der Waals surface area contributed by atoms with Gasteiger partial charge in [-0.3, -0.25) is 4.68 Å². The second-order valence-electron chi connectivity index (χ2n) is 3.04. The number of nitrogens with zero attached hydrogens (tertiary/aromatic N) is 2. The molecule has 78 valence electrons. The summed E-state index contributed by atoms with van der Waals surface area (Å²) in [6.45, 7) is 4.20. The van der Waals surface area contributed by atoms with Gasteiger partial charge in [0, 0.05) is 7.05 Å². The Labute approximate surface area is 82.3 Å². The zero-order chi connectivity index (χ0) is 10.7. The third-order valence-corrected chi connectivity index (χ3v) is 1.82. The van der Waals surface area contributed by atoms with E-state index in [-0.39, 0.29) is 5.69 Å². The summed E-state index contributed by atoms with van der Waals surface area (Å²) in [6, 6.07) is 0. The average molecular weight is 198 g/mol. The van der Waals surface area contributed by atoms with Crippen LogP contribution in [0.3, 0.4) is 0 Å². The lowest BCUT2D eigenvalue weighted by Gasteiger charge is -2.04. The van der Waals surface area contributed by atoms with E-state index in [1.807, 2.05) is 6.92 Å². The van der Waals surface area contributed by atoms with Gasteiger partial charge in [-0.15, -0.1) is 0 Å². The van der Waals surface area contributed by atoms with E-state index < -0.39 is 5.97 Å². The number of carboxylic acids is 1. The van der Waals surface area contributed by atoms with Gasteiger partial charge in [0.1, 0.15) is 5.69 Å². The minimum absolute atomic E-state index is 0.107. The molecular weight excluding hydrogens is 184 g/mol. The molecule has 0 bridgehead atoms. The minimum atomic E-state index is -1.01. The van der Waals surface area contributed by atoms with Gasteiger partial charge in [0.05, 0.1) is 6.61 Å². The van der Waals surface area contributed by atoms with Gasteiger partial charge in [0.2, 0.25) is 0 Å². The molecule has 5 heteroatoms. The standard InChI is InChI=1S/C9H14N2O3/c1-4-5-14-8-6(2)10-11(3)7(8)9(12)13/h4-5H2,1-3H3,(H,12,13). The van der Waals surface area contributed by atoms with E-state index in [1.54, 1.807) is 14.0 Å². The number of aromatic nitrogens is 2. The molecule has 0 spiro atoms. The van der Waals surface area contributed by atoms with E-state index in [9.17, 15) is 4.79 Å². The predicted molar refractivity (Wildman–Crippen MR) is 50.7 cm³/mol. The van der Waals surface area contributed by atoms with Gasteiger partial charge in [-0.25, -0.2) is 4.79 Å². The second-order valence-corrected chi connectivity index (χ2v) is 3.04. The first-order valence-corrected chi connectivity index (χ1v) is 4.47. The molecule has 0 aliphatic carbocycles. The number of hydrogen-bond acceptors (Lipinski definition) is 3. The molecule has 0 aliphatic heterocycles. The average Bonchev–Trinajstić information content (AvgIpc) is 2.37. The van der Waals surface area contributed by atoms with Crippen molar-refractivity contribution in [3.63, 3.8) is 0 Å². The van der Waals surface area contributed by atoms with E-state index in [2.05, 4.69) is 5.10 Å². The van der Waals surface area contributed by atoms with Gasteiger partial charge >= 0.3 is 5.97 Å². The maximum absolute atomic E-state index is 10.9. The Kier molecular flexibility index (Phi) is 3.11. The highest BCUT2D eigenvalue weighted by molar-refractivity contribution is 5.89. The Balaban J connectivity index is 3.05. The van der Waals surface area contributed by atoms with Crippen molar-refractivity contribution in [3.8, 4) is 5.75 Å². The topological polar surface area (TPSA) is 64.4 Å². The summed E-state index contributed by atoms with van der Waals surface area (Å²) in [5, 5.41) is 12.9. The lowest BCUT2D eigenvalue weighted by atomic mass is 10.3. The Morgan fingerprint density at radius 1 is 1.64 bits per heavy atom. The summed E-state index contributed by atoms with van der Waals surface area (Å²) < 4.78 is 6.66. The SMILES string of the molecule is CCCOc1c(C)nn(C)c1C(=O)O. The first-order valence-electron chi connectivity index (χ1n) is 4.47. The Morgan fingerprint density at radius 3 is 2.79 bits per heavy atom. The first-order chi connectivity index (χ1) is 6.57. The Hall–Kier alpha value is -1.52. The predicted octanol–water partition coefficient (Wildman–Crippen LogP) is 1.22. The van der Waals surface area contributed by atoms with Crippen molar-refractivity contribution >= 4 is 5.97 Å². The van der Waals surface area contributed by atoms with Crippen LogP contribution in [0, 0.1) is 6.92 Å². The molecule has 1 heterocycles. The Morgan fingerprint density at radius 2 is 2.29 bits per heavy atom. The van der Waals surface area contributed by atoms with E-state index >= 15 is 0 Å². The zero-order valence-corrected chi connectivity index (χ0v) is 8.57. The molecule has 5 nitrogen and oxygen atoms in total. The van der Waals surface area contributed by atoms with E-state index in [1.165, 1.54) is 4.68 Å². The van der Waals surface area contributed by atoms with Crippen molar-refractivity contribution in [1.29, 1.82) is 0 Å². The summed E-state index contributed by atoms with van der Waals surface area (Å²) in [4.78, 5) is 10.9. The molecule has 0 aliphatic rings. The minimum Gasteiger partial charge on any atom is -0.489 e. The fourth-order valence-corrected chi connectivity index (χ4v) is 1.25. The van der Waals surface area contributed by atoms with Crippen molar-refractivity contribution in [2.45, 2.75) is 20.3 Å². The van der Waals surface area contributed by atoms with Gasteiger partial charge in [-0.1, -0.05) is 6.92 Å². The van der Waals surface area contributed by atoms with Crippen LogP contribution in [0.2, 0.25) is 0 Å². The van der Waals surface area contributed by atoms with Gasteiger partial charge in [-0.05, 0) is 13.3 Å². The highest BCUT2D eigenvalue weighted by Crippen LogP contribution is 2.22. The lowest BCUT2D eigenvalue weighted by Crippen LogP contribution is -2.08. The summed E-state index contributed by atoms with van der Waals surface area (Å²) in [5.74, 6) is -0.638. The molecule has 0 radical (unpaired) electrons. The normalized spacial score (nSPS) is 10.2. The van der Waals surface area contributed by atoms with Crippen LogP contribution in [0.15, 0.2) is 0 Å². The number of aromatic carboxylic acids is 1. The summed E-state index contributed by atoms with van der Waals surface area (Å²) in [5.41, 5.74) is 0.717. The largest absolute Gasteiger partial charge is 0.489 e. The fourth-order valence-electron chi connectivity index (χ4n) is 1.25.